The number of nitriles is 1. The summed E-state index contributed by atoms with van der Waals surface area (Å²) in [6.45, 7) is 6.51. The van der Waals surface area contributed by atoms with Gasteiger partial charge >= 0.3 is 0 Å². The van der Waals surface area contributed by atoms with E-state index < -0.39 is 0 Å². The Kier molecular flexibility index (Phi) is 7.28. The lowest BCUT2D eigenvalue weighted by Crippen LogP contribution is -2.49. The standard InChI is InChI=1S/C32H38ClN5O2/c1-20-10-28(40-3)25(29-26(33)16-35-30(20)29)19-38-9-8-32(11-21(12-32)14-34)13-27(38)23-4-6-24(7-5-23)31(39)36-15-22-17-37(2)18-22/h4-7,10,16,21-22,27,35H,8-9,11-13,15,17-19H2,1-3H3,(H,36,39). The zero-order chi connectivity index (χ0) is 28.0. The third-order valence-electron chi connectivity index (χ3n) is 9.54. The Balaban J connectivity index is 1.26. The van der Waals surface area contributed by atoms with E-state index in [0.717, 1.165) is 79.6 Å². The van der Waals surface area contributed by atoms with Crippen LogP contribution in [0.2, 0.25) is 5.02 Å². The van der Waals surface area contributed by atoms with Crippen LogP contribution in [0, 0.1) is 35.5 Å². The van der Waals surface area contributed by atoms with Crippen LogP contribution < -0.4 is 10.1 Å². The molecule has 1 spiro atoms. The number of hydrogen-bond donors (Lipinski definition) is 2. The average Bonchev–Trinajstić information content (AvgIpc) is 3.32. The number of amides is 1. The minimum atomic E-state index is -0.0113. The molecule has 0 radical (unpaired) electrons. The van der Waals surface area contributed by atoms with Gasteiger partial charge in [-0.25, -0.2) is 0 Å². The molecule has 1 aliphatic carbocycles. The van der Waals surface area contributed by atoms with Gasteiger partial charge < -0.3 is 19.9 Å². The molecule has 2 saturated heterocycles. The molecule has 7 nitrogen and oxygen atoms in total. The molecule has 1 unspecified atom stereocenters. The second-order valence-corrected chi connectivity index (χ2v) is 12.8. The lowest BCUT2D eigenvalue weighted by Gasteiger charge is -2.53. The van der Waals surface area contributed by atoms with Gasteiger partial charge in [0, 0.05) is 66.8 Å². The van der Waals surface area contributed by atoms with Gasteiger partial charge in [0.1, 0.15) is 5.75 Å². The molecule has 2 N–H and O–H groups in total. The number of H-pyrrole nitrogens is 1. The number of carbonyl (C=O) groups is 1. The fraction of sp³-hybridized carbons (Fsp3) is 0.500. The highest BCUT2D eigenvalue weighted by atomic mass is 35.5. The van der Waals surface area contributed by atoms with E-state index >= 15 is 0 Å². The van der Waals surface area contributed by atoms with E-state index in [4.69, 9.17) is 16.3 Å². The highest BCUT2D eigenvalue weighted by Gasteiger charge is 2.49. The van der Waals surface area contributed by atoms with Gasteiger partial charge in [-0.1, -0.05) is 23.7 Å². The van der Waals surface area contributed by atoms with E-state index in [1.165, 1.54) is 5.56 Å². The van der Waals surface area contributed by atoms with Crippen molar-refractivity contribution in [2.24, 2.45) is 17.3 Å². The van der Waals surface area contributed by atoms with Crippen molar-refractivity contribution in [2.75, 3.05) is 40.3 Å². The van der Waals surface area contributed by atoms with Crippen molar-refractivity contribution in [3.63, 3.8) is 0 Å². The number of piperidine rings is 1. The summed E-state index contributed by atoms with van der Waals surface area (Å²) in [6.07, 6.45) is 5.90. The predicted molar refractivity (Wildman–Crippen MR) is 158 cm³/mol. The van der Waals surface area contributed by atoms with Crippen LogP contribution >= 0.6 is 11.6 Å². The Morgan fingerprint density at radius 3 is 2.67 bits per heavy atom. The third kappa shape index (κ3) is 4.98. The first-order valence-electron chi connectivity index (χ1n) is 14.3. The monoisotopic (exact) mass is 559 g/mol. The van der Waals surface area contributed by atoms with Crippen molar-refractivity contribution >= 4 is 28.4 Å². The zero-order valence-electron chi connectivity index (χ0n) is 23.6. The van der Waals surface area contributed by atoms with Crippen LogP contribution in [0.5, 0.6) is 5.75 Å². The van der Waals surface area contributed by atoms with Crippen molar-refractivity contribution in [3.05, 3.63) is 63.8 Å². The molecule has 1 amide bonds. The van der Waals surface area contributed by atoms with Gasteiger partial charge in [-0.3, -0.25) is 9.69 Å². The first-order valence-corrected chi connectivity index (χ1v) is 14.7. The highest BCUT2D eigenvalue weighted by molar-refractivity contribution is 6.36. The molecule has 3 heterocycles. The molecule has 1 saturated carbocycles. The first kappa shape index (κ1) is 27.1. The molecule has 8 heteroatoms. The summed E-state index contributed by atoms with van der Waals surface area (Å²) in [5.41, 5.74) is 5.36. The van der Waals surface area contributed by atoms with Crippen molar-refractivity contribution < 1.29 is 9.53 Å². The van der Waals surface area contributed by atoms with Gasteiger partial charge in [-0.2, -0.15) is 5.26 Å². The fourth-order valence-electron chi connectivity index (χ4n) is 7.32. The van der Waals surface area contributed by atoms with E-state index in [1.807, 2.05) is 18.3 Å². The summed E-state index contributed by atoms with van der Waals surface area (Å²) in [6, 6.07) is 12.9. The van der Waals surface area contributed by atoms with Crippen LogP contribution in [0.15, 0.2) is 36.5 Å². The van der Waals surface area contributed by atoms with Crippen LogP contribution in [0.1, 0.15) is 58.8 Å². The number of rotatable bonds is 7. The molecule has 210 valence electrons. The molecule has 3 aliphatic rings. The number of methoxy groups -OCH3 is 1. The Labute approximate surface area is 241 Å². The van der Waals surface area contributed by atoms with E-state index in [-0.39, 0.29) is 23.3 Å². The Morgan fingerprint density at radius 1 is 1.25 bits per heavy atom. The first-order chi connectivity index (χ1) is 19.3. The summed E-state index contributed by atoms with van der Waals surface area (Å²) in [5, 5.41) is 14.3. The minimum absolute atomic E-state index is 0.0113. The number of halogens is 1. The Hall–Kier alpha value is -3.05. The van der Waals surface area contributed by atoms with Gasteiger partial charge in [0.2, 0.25) is 0 Å². The van der Waals surface area contributed by atoms with Crippen molar-refractivity contribution in [1.82, 2.24) is 20.1 Å². The number of likely N-dealkylation sites (tertiary alicyclic amines) is 2. The molecule has 1 aromatic heterocycles. The fourth-order valence-corrected chi connectivity index (χ4v) is 7.59. The number of aryl methyl sites for hydroxylation is 1. The van der Waals surface area contributed by atoms with E-state index in [1.54, 1.807) is 7.11 Å². The molecular weight excluding hydrogens is 522 g/mol. The zero-order valence-corrected chi connectivity index (χ0v) is 24.4. The van der Waals surface area contributed by atoms with Gasteiger partial charge in [-0.05, 0) is 80.9 Å². The maximum absolute atomic E-state index is 12.8. The number of benzene rings is 2. The number of hydrogen-bond acceptors (Lipinski definition) is 5. The number of fused-ring (bicyclic) bond motifs is 1. The van der Waals surface area contributed by atoms with Crippen molar-refractivity contribution in [3.8, 4) is 11.8 Å². The molecular formula is C32H38ClN5O2. The summed E-state index contributed by atoms with van der Waals surface area (Å²) in [5.74, 6) is 1.55. The SMILES string of the molecule is COc1cc(C)c2[nH]cc(Cl)c2c1CN1CCC2(CC(C#N)C2)CC1c1ccc(C(=O)NCC2CN(C)C2)cc1. The van der Waals surface area contributed by atoms with Crippen molar-refractivity contribution in [1.29, 1.82) is 5.26 Å². The molecule has 40 heavy (non-hydrogen) atoms. The van der Waals surface area contributed by atoms with Gasteiger partial charge in [0.25, 0.3) is 5.91 Å². The maximum atomic E-state index is 12.8. The van der Waals surface area contributed by atoms with E-state index in [9.17, 15) is 10.1 Å². The van der Waals surface area contributed by atoms with Crippen LogP contribution in [-0.2, 0) is 6.54 Å². The summed E-state index contributed by atoms with van der Waals surface area (Å²) in [4.78, 5) is 21.0. The van der Waals surface area contributed by atoms with E-state index in [0.29, 0.717) is 23.0 Å². The van der Waals surface area contributed by atoms with Crippen LogP contribution in [0.25, 0.3) is 10.9 Å². The maximum Gasteiger partial charge on any atom is 0.251 e. The number of nitrogens with zero attached hydrogens (tertiary/aromatic N) is 3. The number of carbonyl (C=O) groups excluding carboxylic acids is 1. The van der Waals surface area contributed by atoms with Crippen LogP contribution in [-0.4, -0.2) is 61.0 Å². The molecule has 6 rings (SSSR count). The van der Waals surface area contributed by atoms with Gasteiger partial charge in [0.05, 0.1) is 23.7 Å². The van der Waals surface area contributed by atoms with Crippen LogP contribution in [0.3, 0.4) is 0 Å². The van der Waals surface area contributed by atoms with Crippen LogP contribution in [0.4, 0.5) is 0 Å². The second-order valence-electron chi connectivity index (χ2n) is 12.4. The number of ether oxygens (including phenoxy) is 1. The number of nitrogens with one attached hydrogen (secondary N) is 2. The summed E-state index contributed by atoms with van der Waals surface area (Å²) in [7, 11) is 3.82. The topological polar surface area (TPSA) is 84.4 Å². The second kappa shape index (κ2) is 10.7. The summed E-state index contributed by atoms with van der Waals surface area (Å²) < 4.78 is 5.86. The Morgan fingerprint density at radius 2 is 2.00 bits per heavy atom. The smallest absolute Gasteiger partial charge is 0.251 e. The van der Waals surface area contributed by atoms with Gasteiger partial charge in [-0.15, -0.1) is 0 Å². The lowest BCUT2D eigenvalue weighted by atomic mass is 9.56. The number of aromatic nitrogens is 1. The normalized spacial score (nSPS) is 25.4. The predicted octanol–water partition coefficient (Wildman–Crippen LogP) is 5.69. The van der Waals surface area contributed by atoms with E-state index in [2.05, 4.69) is 58.3 Å². The van der Waals surface area contributed by atoms with Gasteiger partial charge in [0.15, 0.2) is 0 Å². The third-order valence-corrected chi connectivity index (χ3v) is 9.84. The number of aromatic amines is 1. The minimum Gasteiger partial charge on any atom is -0.496 e. The molecule has 3 aromatic rings. The molecule has 2 aromatic carbocycles. The molecule has 1 atom stereocenters. The molecule has 3 fully saturated rings. The highest BCUT2D eigenvalue weighted by Crippen LogP contribution is 2.57. The molecule has 2 aliphatic heterocycles. The molecule has 0 bridgehead atoms. The summed E-state index contributed by atoms with van der Waals surface area (Å²) >= 11 is 6.69. The Bertz CT molecular complexity index is 1450. The average molecular weight is 560 g/mol. The van der Waals surface area contributed by atoms with Crippen molar-refractivity contribution in [2.45, 2.75) is 45.2 Å². The quantitative estimate of drug-likeness (QED) is 0.389. The largest absolute Gasteiger partial charge is 0.496 e. The lowest BCUT2D eigenvalue weighted by molar-refractivity contribution is -0.0298.